The van der Waals surface area contributed by atoms with Crippen molar-refractivity contribution >= 4 is 22.7 Å². The predicted molar refractivity (Wildman–Crippen MR) is 451 cm³/mol. The maximum atomic E-state index is 5.36. The molecule has 0 unspecified atom stereocenters. The molecule has 0 amide bonds. The third-order valence-electron chi connectivity index (χ3n) is 17.3. The number of imidazole rings is 2. The van der Waals surface area contributed by atoms with E-state index in [0.717, 1.165) is 75.0 Å². The number of thiazole rings is 2. The zero-order valence-corrected chi connectivity index (χ0v) is 77.8. The standard InChI is InChI=1S/2C9H16N2.3C8H13NO.2C8H13NS.2C7H13N3.2C6H10N2O/c1-6(2)9-7(3)11(5)8(4)10-9;1-6(2)9-10-7(3)8(4)11(9)5;1-5(2)8-6(3)10-7(4)9-8;1-5(2)8-6(3)9-7(4)10-8;1-5(2)8-6(3)7(4)10-9-8;1-5(2)8-6(3)10-7(4)9-8;1-5(2)8-6(3)9-7(4)10-8;1-5(2)7-9-8-6(3)10(7)4;1-5(2)7-6(3)8-9-10(7)4;1-4(2)6-8-7-5(3)9-6;1-4(2)6-7-5(3)8-9-6/h2*6H,1-5H3;7*5H,1-4H3;2*4H,1-3H3. The molecule has 0 radical (unpaired) electrons. The van der Waals surface area contributed by atoms with Gasteiger partial charge in [0.2, 0.25) is 17.7 Å². The summed E-state index contributed by atoms with van der Waals surface area (Å²) < 4.78 is 33.8. The van der Waals surface area contributed by atoms with Gasteiger partial charge in [0.1, 0.15) is 40.6 Å². The van der Waals surface area contributed by atoms with Gasteiger partial charge in [0, 0.05) is 105 Å². The Morgan fingerprint density at radius 2 is 0.855 bits per heavy atom. The predicted octanol–water partition coefficient (Wildman–Crippen LogP) is 22.8. The molecule has 0 aliphatic rings. The van der Waals surface area contributed by atoms with Crippen LogP contribution < -0.4 is 0 Å². The highest BCUT2D eigenvalue weighted by Gasteiger charge is 2.17. The summed E-state index contributed by atoms with van der Waals surface area (Å²) in [7, 11) is 8.05. The van der Waals surface area contributed by atoms with Gasteiger partial charge in [-0.1, -0.05) is 168 Å². The van der Waals surface area contributed by atoms with Crippen LogP contribution in [0.5, 0.6) is 0 Å². The summed E-state index contributed by atoms with van der Waals surface area (Å²) in [5.41, 5.74) is 14.0. The van der Waals surface area contributed by atoms with E-state index in [1.807, 2.05) is 132 Å². The summed E-state index contributed by atoms with van der Waals surface area (Å²) >= 11 is 3.60. The van der Waals surface area contributed by atoms with Crippen LogP contribution in [0.4, 0.5) is 0 Å². The topological polar surface area (TPSA) is 279 Å². The third kappa shape index (κ3) is 32.7. The molecular weight excluding hydrogens is 1420 g/mol. The van der Waals surface area contributed by atoms with Crippen molar-refractivity contribution in [2.75, 3.05) is 0 Å². The van der Waals surface area contributed by atoms with E-state index in [1.165, 1.54) is 65.3 Å². The lowest BCUT2D eigenvalue weighted by Crippen LogP contribution is -2.00. The first kappa shape index (κ1) is 99.9. The second-order valence-electron chi connectivity index (χ2n) is 31.2. The first-order valence-electron chi connectivity index (χ1n) is 38.8. The Morgan fingerprint density at radius 1 is 0.318 bits per heavy atom. The van der Waals surface area contributed by atoms with Crippen LogP contribution >= 0.6 is 22.7 Å². The van der Waals surface area contributed by atoms with Crippen molar-refractivity contribution in [2.24, 2.45) is 28.2 Å². The molecule has 24 nitrogen and oxygen atoms in total. The van der Waals surface area contributed by atoms with Gasteiger partial charge in [0.25, 0.3) is 0 Å². The van der Waals surface area contributed by atoms with Gasteiger partial charge >= 0.3 is 0 Å². The molecule has 11 aromatic rings. The Kier molecular flexibility index (Phi) is 42.9. The van der Waals surface area contributed by atoms with Crippen LogP contribution in [0.25, 0.3) is 0 Å². The van der Waals surface area contributed by atoms with Crippen LogP contribution in [-0.2, 0) is 28.2 Å². The van der Waals surface area contributed by atoms with E-state index in [9.17, 15) is 0 Å². The quantitative estimate of drug-likeness (QED) is 0.116. The third-order valence-corrected chi connectivity index (χ3v) is 19.6. The molecule has 0 atom stereocenters. The summed E-state index contributed by atoms with van der Waals surface area (Å²) in [6.45, 7) is 82.6. The van der Waals surface area contributed by atoms with Gasteiger partial charge in [0.05, 0.1) is 61.3 Å². The van der Waals surface area contributed by atoms with Gasteiger partial charge in [-0.15, -0.1) is 48.2 Å². The number of nitrogens with zero attached hydrogens (tertiary/aromatic N) is 19. The van der Waals surface area contributed by atoms with Crippen LogP contribution in [0.3, 0.4) is 0 Å². The molecule has 0 aliphatic carbocycles. The largest absolute Gasteiger partial charge is 0.446 e. The first-order valence-corrected chi connectivity index (χ1v) is 40.4. The van der Waals surface area contributed by atoms with Crippen molar-refractivity contribution in [3.05, 3.63) is 164 Å². The van der Waals surface area contributed by atoms with Gasteiger partial charge in [-0.25, -0.2) is 29.9 Å². The minimum absolute atomic E-state index is 0.339. The fourth-order valence-electron chi connectivity index (χ4n) is 11.1. The van der Waals surface area contributed by atoms with Crippen LogP contribution in [0.15, 0.2) is 22.3 Å². The fourth-order valence-corrected chi connectivity index (χ4v) is 13.0. The van der Waals surface area contributed by atoms with Crippen molar-refractivity contribution in [3.63, 3.8) is 0 Å². The van der Waals surface area contributed by atoms with Gasteiger partial charge < -0.3 is 36.0 Å². The Bertz CT molecular complexity index is 4010. The Hall–Kier alpha value is -8.13. The summed E-state index contributed by atoms with van der Waals surface area (Å²) in [5, 5.41) is 33.3. The minimum Gasteiger partial charge on any atom is -0.446 e. The molecule has 11 rings (SSSR count). The molecule has 0 saturated heterocycles. The minimum atomic E-state index is 0.339. The van der Waals surface area contributed by atoms with Crippen LogP contribution in [0.2, 0.25) is 0 Å². The van der Waals surface area contributed by atoms with Gasteiger partial charge in [0.15, 0.2) is 17.6 Å². The number of aromatic nitrogens is 19. The molecule has 0 fully saturated rings. The van der Waals surface area contributed by atoms with Crippen molar-refractivity contribution in [2.45, 2.75) is 342 Å². The summed E-state index contributed by atoms with van der Waals surface area (Å²) in [6, 6.07) is 0. The highest BCUT2D eigenvalue weighted by Crippen LogP contribution is 2.27. The number of hydrogen-bond donors (Lipinski definition) is 0. The average molecular weight is 1560 g/mol. The van der Waals surface area contributed by atoms with Crippen molar-refractivity contribution < 1.29 is 22.3 Å². The molecule has 0 spiro atoms. The summed E-state index contributed by atoms with van der Waals surface area (Å²) in [6.07, 6.45) is 0. The monoisotopic (exact) mass is 1560 g/mol. The van der Waals surface area contributed by atoms with E-state index in [0.29, 0.717) is 88.6 Å². The van der Waals surface area contributed by atoms with Crippen molar-refractivity contribution in [1.82, 2.24) is 94.3 Å². The van der Waals surface area contributed by atoms with Gasteiger partial charge in [-0.2, -0.15) is 4.98 Å². The lowest BCUT2D eigenvalue weighted by Gasteiger charge is -2.04. The Labute approximate surface area is 669 Å². The van der Waals surface area contributed by atoms with E-state index in [4.69, 9.17) is 22.3 Å². The zero-order valence-electron chi connectivity index (χ0n) is 76.2. The first-order chi connectivity index (χ1) is 50.8. The number of rotatable bonds is 11. The highest BCUT2D eigenvalue weighted by atomic mass is 32.1. The molecule has 110 heavy (non-hydrogen) atoms. The zero-order chi connectivity index (χ0) is 85.0. The van der Waals surface area contributed by atoms with E-state index in [-0.39, 0.29) is 0 Å². The van der Waals surface area contributed by atoms with Gasteiger partial charge in [-0.05, 0) is 139 Å². The van der Waals surface area contributed by atoms with Crippen molar-refractivity contribution in [3.8, 4) is 0 Å². The van der Waals surface area contributed by atoms with E-state index >= 15 is 0 Å². The molecule has 0 aliphatic heterocycles. The maximum Gasteiger partial charge on any atom is 0.229 e. The van der Waals surface area contributed by atoms with E-state index < -0.39 is 0 Å². The molecule has 0 saturated carbocycles. The molecule has 0 bridgehead atoms. The molecule has 26 heteroatoms. The lowest BCUT2D eigenvalue weighted by molar-refractivity contribution is 0.362. The normalized spacial score (nSPS) is 10.9. The summed E-state index contributed by atoms with van der Waals surface area (Å²) in [4.78, 5) is 33.0. The number of aryl methyl sites for hydroxylation is 16. The number of hydrogen-bond acceptors (Lipinski definition) is 22. The molecule has 11 heterocycles. The number of oxazole rings is 2. The van der Waals surface area contributed by atoms with E-state index in [1.54, 1.807) is 18.3 Å². The smallest absolute Gasteiger partial charge is 0.229 e. The Balaban J connectivity index is 0.000000605. The maximum absolute atomic E-state index is 5.36. The molecular formula is C84H143N19O5S2. The fraction of sp³-hybridized carbons (Fsp3) is 0.655. The van der Waals surface area contributed by atoms with Crippen molar-refractivity contribution in [1.29, 1.82) is 0 Å². The SMILES string of the molecule is Cc1nc(C(C)C)c(C)n1C.Cc1nc(C(C)C)c(C)o1.Cc1nc(C(C)C)c(C)s1.Cc1nc(C(C)C)n(C)c1C.Cc1nc(C)c(C(C)C)o1.Cc1nc(C)c(C(C)C)s1.Cc1nnc(C(C)C)n1C.Cc1nnc(C(C)C)o1.Cc1nnn(C)c1C(C)C.Cc1noc(C(C)C)n1.Cc1onc(C(C)C)c1C. The van der Waals surface area contributed by atoms with Gasteiger partial charge in [-0.3, -0.25) is 4.68 Å². The lowest BCUT2D eigenvalue weighted by atomic mass is 10.1. The summed E-state index contributed by atoms with van der Waals surface area (Å²) in [5.74, 6) is 16.8. The Morgan fingerprint density at radius 3 is 1.05 bits per heavy atom. The molecule has 11 aromatic heterocycles. The van der Waals surface area contributed by atoms with Crippen LogP contribution in [-0.4, -0.2) is 94.3 Å². The molecule has 616 valence electrons. The van der Waals surface area contributed by atoms with E-state index in [2.05, 4.69) is 272 Å². The van der Waals surface area contributed by atoms with Crippen LogP contribution in [0, 0.1) is 125 Å². The second-order valence-corrected chi connectivity index (χ2v) is 33.9. The van der Waals surface area contributed by atoms with Crippen LogP contribution in [0.1, 0.15) is 381 Å². The molecule has 0 aromatic carbocycles. The average Bonchev–Trinajstić information content (AvgIpc) is 1.74. The second kappa shape index (κ2) is 47.3. The molecule has 0 N–H and O–H groups in total. The highest BCUT2D eigenvalue weighted by molar-refractivity contribution is 7.12.